The molecule has 0 aromatic carbocycles. The Kier molecular flexibility index (Phi) is 6.07. The molecule has 0 aromatic heterocycles. The fraction of sp³-hybridized carbons (Fsp3) is 0.933. The van der Waals surface area contributed by atoms with Crippen LogP contribution in [0.2, 0.25) is 0 Å². The van der Waals surface area contributed by atoms with Crippen LogP contribution in [0, 0.1) is 45.3 Å². The zero-order valence-corrected chi connectivity index (χ0v) is 22.4. The van der Waals surface area contributed by atoms with Crippen molar-refractivity contribution < 1.29 is 10.2 Å². The van der Waals surface area contributed by atoms with Crippen molar-refractivity contribution in [2.75, 3.05) is 0 Å². The van der Waals surface area contributed by atoms with Crippen molar-refractivity contribution in [1.82, 2.24) is 0 Å². The van der Waals surface area contributed by atoms with Crippen LogP contribution in [0.4, 0.5) is 0 Å². The zero-order valence-electron chi connectivity index (χ0n) is 22.4. The Labute approximate surface area is 198 Å². The van der Waals surface area contributed by atoms with Gasteiger partial charge in [-0.3, -0.25) is 0 Å². The predicted octanol–water partition coefficient (Wildman–Crippen LogP) is 7.53. The third kappa shape index (κ3) is 3.57. The van der Waals surface area contributed by atoms with E-state index in [1.165, 1.54) is 44.9 Å². The molecule has 2 heteroatoms. The van der Waals surface area contributed by atoms with Gasteiger partial charge in [0.1, 0.15) is 0 Å². The molecule has 3 saturated carbocycles. The van der Waals surface area contributed by atoms with E-state index in [1.807, 2.05) is 13.8 Å². The highest BCUT2D eigenvalue weighted by Gasteiger charge is 2.67. The first-order valence-electron chi connectivity index (χ1n) is 13.8. The van der Waals surface area contributed by atoms with Crippen LogP contribution in [0.25, 0.3) is 0 Å². The smallest absolute Gasteiger partial charge is 0.0628 e. The van der Waals surface area contributed by atoms with E-state index >= 15 is 0 Å². The largest absolute Gasteiger partial charge is 0.392 e. The second kappa shape index (κ2) is 7.84. The average molecular weight is 445 g/mol. The molecule has 0 aliphatic heterocycles. The van der Waals surface area contributed by atoms with Gasteiger partial charge in [-0.25, -0.2) is 0 Å². The van der Waals surface area contributed by atoms with E-state index in [1.54, 1.807) is 5.57 Å². The summed E-state index contributed by atoms with van der Waals surface area (Å²) < 4.78 is 0. The second-order valence-electron chi connectivity index (χ2n) is 14.5. The van der Waals surface area contributed by atoms with Gasteiger partial charge >= 0.3 is 0 Å². The molecule has 4 rings (SSSR count). The van der Waals surface area contributed by atoms with Crippen molar-refractivity contribution in [3.63, 3.8) is 0 Å². The van der Waals surface area contributed by atoms with E-state index in [2.05, 4.69) is 47.6 Å². The van der Waals surface area contributed by atoms with Crippen molar-refractivity contribution in [2.24, 2.45) is 45.3 Å². The summed E-state index contributed by atoms with van der Waals surface area (Å²) >= 11 is 0. The molecule has 0 aromatic rings. The summed E-state index contributed by atoms with van der Waals surface area (Å²) in [6, 6.07) is 0. The minimum atomic E-state index is -0.534. The van der Waals surface area contributed by atoms with Gasteiger partial charge in [-0.15, -0.1) is 0 Å². The van der Waals surface area contributed by atoms with Gasteiger partial charge in [0.15, 0.2) is 0 Å². The first-order chi connectivity index (χ1) is 14.7. The van der Waals surface area contributed by atoms with Crippen molar-refractivity contribution in [2.45, 2.75) is 131 Å². The van der Waals surface area contributed by atoms with Crippen LogP contribution in [0.15, 0.2) is 11.6 Å². The minimum absolute atomic E-state index is 0.0637. The van der Waals surface area contributed by atoms with E-state index in [0.717, 1.165) is 37.0 Å². The highest BCUT2D eigenvalue weighted by atomic mass is 16.3. The topological polar surface area (TPSA) is 40.5 Å². The van der Waals surface area contributed by atoms with Crippen LogP contribution in [0.3, 0.4) is 0 Å². The quantitative estimate of drug-likeness (QED) is 0.430. The van der Waals surface area contributed by atoms with Crippen molar-refractivity contribution >= 4 is 0 Å². The van der Waals surface area contributed by atoms with Gasteiger partial charge in [-0.1, -0.05) is 66.0 Å². The van der Waals surface area contributed by atoms with Crippen molar-refractivity contribution in [1.29, 1.82) is 0 Å². The number of hydrogen-bond acceptors (Lipinski definition) is 2. The summed E-state index contributed by atoms with van der Waals surface area (Å²) in [4.78, 5) is 0. The fourth-order valence-electron chi connectivity index (χ4n) is 9.69. The van der Waals surface area contributed by atoms with Crippen LogP contribution in [-0.4, -0.2) is 21.9 Å². The molecule has 8 atom stereocenters. The molecule has 0 bridgehead atoms. The van der Waals surface area contributed by atoms with E-state index < -0.39 is 5.60 Å². The van der Waals surface area contributed by atoms with Crippen LogP contribution in [0.1, 0.15) is 120 Å². The van der Waals surface area contributed by atoms with Gasteiger partial charge in [0.05, 0.1) is 11.7 Å². The number of aliphatic hydroxyl groups excluding tert-OH is 1. The lowest BCUT2D eigenvalue weighted by atomic mass is 9.39. The van der Waals surface area contributed by atoms with E-state index in [0.29, 0.717) is 22.2 Å². The molecule has 0 saturated heterocycles. The van der Waals surface area contributed by atoms with Crippen LogP contribution in [0.5, 0.6) is 0 Å². The third-order valence-corrected chi connectivity index (χ3v) is 12.0. The van der Waals surface area contributed by atoms with Gasteiger partial charge < -0.3 is 10.2 Å². The fourth-order valence-corrected chi connectivity index (χ4v) is 9.69. The zero-order chi connectivity index (χ0) is 23.7. The maximum Gasteiger partial charge on any atom is 0.0628 e. The van der Waals surface area contributed by atoms with Crippen LogP contribution >= 0.6 is 0 Å². The number of allylic oxidation sites excluding steroid dienone is 1. The number of aliphatic hydroxyl groups is 2. The molecular weight excluding hydrogens is 392 g/mol. The van der Waals surface area contributed by atoms with E-state index in [9.17, 15) is 10.2 Å². The Balaban J connectivity index is 1.58. The first kappa shape index (κ1) is 24.8. The molecule has 2 nitrogen and oxygen atoms in total. The van der Waals surface area contributed by atoms with Crippen LogP contribution < -0.4 is 0 Å². The van der Waals surface area contributed by atoms with Gasteiger partial charge in [-0.2, -0.15) is 0 Å². The van der Waals surface area contributed by atoms with Crippen molar-refractivity contribution in [3.05, 3.63) is 11.6 Å². The monoisotopic (exact) mass is 444 g/mol. The van der Waals surface area contributed by atoms with Gasteiger partial charge in [0.2, 0.25) is 0 Å². The van der Waals surface area contributed by atoms with E-state index in [4.69, 9.17) is 0 Å². The first-order valence-corrected chi connectivity index (χ1v) is 13.8. The molecule has 3 fully saturated rings. The lowest BCUT2D eigenvalue weighted by Gasteiger charge is -2.66. The molecule has 0 amide bonds. The molecule has 32 heavy (non-hydrogen) atoms. The predicted molar refractivity (Wildman–Crippen MR) is 134 cm³/mol. The average Bonchev–Trinajstić information content (AvgIpc) is 2.95. The highest BCUT2D eigenvalue weighted by molar-refractivity contribution is 5.30. The van der Waals surface area contributed by atoms with Gasteiger partial charge in [0.25, 0.3) is 0 Å². The highest BCUT2D eigenvalue weighted by Crippen LogP contribution is 2.75. The maximum atomic E-state index is 10.8. The number of fused-ring (bicyclic) bond motifs is 5. The summed E-state index contributed by atoms with van der Waals surface area (Å²) in [5.74, 6) is 2.98. The molecular formula is C30H52O2. The minimum Gasteiger partial charge on any atom is -0.392 e. The summed E-state index contributed by atoms with van der Waals surface area (Å²) in [6.07, 6.45) is 14.5. The summed E-state index contributed by atoms with van der Waals surface area (Å²) in [5.41, 5.74) is 2.21. The van der Waals surface area contributed by atoms with Crippen molar-refractivity contribution in [3.8, 4) is 0 Å². The summed E-state index contributed by atoms with van der Waals surface area (Å²) in [6.45, 7) is 18.9. The Morgan fingerprint density at radius 1 is 1.00 bits per heavy atom. The SMILES string of the molecule is C[C@H](CCCC(C)(C)O)C1CC[C@@]2(C)C3CC=C4C(CC[C@H](O)C4(C)C)[C@]3(C)CC[C@]12C. The molecule has 3 unspecified atom stereocenters. The number of rotatable bonds is 5. The molecule has 0 heterocycles. The molecule has 2 N–H and O–H groups in total. The van der Waals surface area contributed by atoms with Crippen LogP contribution in [-0.2, 0) is 0 Å². The van der Waals surface area contributed by atoms with E-state index in [-0.39, 0.29) is 11.5 Å². The lowest BCUT2D eigenvalue weighted by Crippen LogP contribution is -2.59. The molecule has 4 aliphatic rings. The molecule has 4 aliphatic carbocycles. The third-order valence-electron chi connectivity index (χ3n) is 12.0. The normalized spacial score (nSPS) is 46.6. The standard InChI is InChI=1S/C30H52O2/c1-20(10-9-16-26(2,3)32)21-15-17-30(8)24-13-11-22-23(12-14-25(31)27(22,4)5)28(24,6)18-19-29(21,30)7/h11,20-21,23-25,31-32H,9-10,12-19H2,1-8H3/t20-,21?,23?,24?,25+,28+,29-,30+/m1/s1. The summed E-state index contributed by atoms with van der Waals surface area (Å²) in [5, 5.41) is 20.9. The Morgan fingerprint density at radius 3 is 2.34 bits per heavy atom. The molecule has 0 spiro atoms. The molecule has 0 radical (unpaired) electrons. The molecule has 184 valence electrons. The maximum absolute atomic E-state index is 10.8. The lowest BCUT2D eigenvalue weighted by molar-refractivity contribution is -0.145. The van der Waals surface area contributed by atoms with Gasteiger partial charge in [-0.05, 0) is 105 Å². The summed E-state index contributed by atoms with van der Waals surface area (Å²) in [7, 11) is 0. The number of hydrogen-bond donors (Lipinski definition) is 2. The second-order valence-corrected chi connectivity index (χ2v) is 14.5. The Bertz CT molecular complexity index is 744. The van der Waals surface area contributed by atoms with Gasteiger partial charge in [0, 0.05) is 5.41 Å². The Morgan fingerprint density at radius 2 is 1.69 bits per heavy atom. The Hall–Kier alpha value is -0.340.